The van der Waals surface area contributed by atoms with E-state index >= 15 is 0 Å². The predicted octanol–water partition coefficient (Wildman–Crippen LogP) is 9.95. The minimum Gasteiger partial charge on any atom is -0.496 e. The summed E-state index contributed by atoms with van der Waals surface area (Å²) >= 11 is 0. The van der Waals surface area contributed by atoms with Gasteiger partial charge in [-0.3, -0.25) is 0 Å². The number of hydrogen-bond acceptors (Lipinski definition) is 6. The molecule has 0 atom stereocenters. The lowest BCUT2D eigenvalue weighted by Crippen LogP contribution is -2.23. The van der Waals surface area contributed by atoms with Crippen molar-refractivity contribution < 1.29 is 28.4 Å². The molecule has 52 heavy (non-hydrogen) atoms. The molecule has 0 aromatic heterocycles. The van der Waals surface area contributed by atoms with Gasteiger partial charge in [-0.05, 0) is 70.2 Å². The molecule has 0 radical (unpaired) electrons. The zero-order valence-corrected chi connectivity index (χ0v) is 35.2. The van der Waals surface area contributed by atoms with Crippen LogP contribution < -0.4 is 20.1 Å². The van der Waals surface area contributed by atoms with Crippen molar-refractivity contribution in [1.29, 1.82) is 0 Å². The van der Waals surface area contributed by atoms with E-state index in [1.165, 1.54) is 32.9 Å². The molecule has 6 nitrogen and oxygen atoms in total. The summed E-state index contributed by atoms with van der Waals surface area (Å²) in [6, 6.07) is 9.21. The Morgan fingerprint density at radius 3 is 1.04 bits per heavy atom. The van der Waals surface area contributed by atoms with Crippen molar-refractivity contribution in [2.45, 2.75) is 105 Å². The van der Waals surface area contributed by atoms with Gasteiger partial charge in [-0.25, -0.2) is 0 Å². The third-order valence-electron chi connectivity index (χ3n) is 9.57. The third kappa shape index (κ3) is 7.27. The Morgan fingerprint density at radius 2 is 0.769 bits per heavy atom. The number of allylic oxidation sites excluding steroid dienone is 6. The molecule has 4 aliphatic rings. The molecule has 0 fully saturated rings. The van der Waals surface area contributed by atoms with Crippen LogP contribution in [0.4, 0.5) is 0 Å². The molecule has 2 aliphatic carbocycles. The maximum Gasteiger partial charge on any atom is 0.231 e. The van der Waals surface area contributed by atoms with Gasteiger partial charge >= 0.3 is 0 Å². The zero-order chi connectivity index (χ0) is 38.0. The first kappa shape index (κ1) is 38.0. The monoisotopic (exact) mass is 740 g/mol. The Morgan fingerprint density at radius 1 is 0.462 bits per heavy atom. The molecule has 6 rings (SSSR count). The predicted molar refractivity (Wildman–Crippen MR) is 217 cm³/mol. The molecule has 276 valence electrons. The first-order valence-electron chi connectivity index (χ1n) is 18.0. The first-order valence-corrected chi connectivity index (χ1v) is 19.8. The van der Waals surface area contributed by atoms with Gasteiger partial charge in [0.15, 0.2) is 23.0 Å². The van der Waals surface area contributed by atoms with Crippen LogP contribution in [0.3, 0.4) is 0 Å². The largest absolute Gasteiger partial charge is 0.496 e. The molecular weight excluding hydrogens is 686 g/mol. The standard InChI is InChI=1S/C44H54O6P2/c1-41(2,3)27-19-25(20-28(37(27)45-13)42(4,5)6)51-33-17-15-31-39(49-23-47-31)35(33)36-34(18-16-32-40(36)50-24-48-32)52-26-21-29(43(7,8)9)38(46-14)30(22-26)44(10,11)12/h15-22H,23-24H2,1-14H3. The lowest BCUT2D eigenvalue weighted by atomic mass is 9.79. The summed E-state index contributed by atoms with van der Waals surface area (Å²) in [7, 11) is 5.61. The molecule has 0 unspecified atom stereocenters. The average molecular weight is 741 g/mol. The van der Waals surface area contributed by atoms with E-state index in [9.17, 15) is 0 Å². The van der Waals surface area contributed by atoms with E-state index in [2.05, 4.69) is 120 Å². The Balaban J connectivity index is 1.65. The van der Waals surface area contributed by atoms with E-state index in [4.69, 9.17) is 28.4 Å². The summed E-state index contributed by atoms with van der Waals surface area (Å²) in [5.74, 6) is 4.83. The Labute approximate surface area is 314 Å². The van der Waals surface area contributed by atoms with Crippen LogP contribution in [0.5, 0.6) is 11.5 Å². The van der Waals surface area contributed by atoms with Crippen LogP contribution in [-0.2, 0) is 40.6 Å². The van der Waals surface area contributed by atoms with Gasteiger partial charge in [0.1, 0.15) is 11.5 Å². The fourth-order valence-electron chi connectivity index (χ4n) is 6.90. The summed E-state index contributed by atoms with van der Waals surface area (Å²) in [6.07, 6.45) is 8.39. The van der Waals surface area contributed by atoms with E-state index in [1.54, 1.807) is 14.2 Å². The first-order chi connectivity index (χ1) is 24.2. The van der Waals surface area contributed by atoms with Crippen LogP contribution in [0.25, 0.3) is 0 Å². The minimum absolute atomic E-state index is 0.123. The lowest BCUT2D eigenvalue weighted by Gasteiger charge is -2.30. The topological polar surface area (TPSA) is 55.4 Å². The van der Waals surface area contributed by atoms with Crippen LogP contribution in [0.2, 0.25) is 0 Å². The van der Waals surface area contributed by atoms with Crippen molar-refractivity contribution >= 4 is 37.6 Å². The third-order valence-corrected chi connectivity index (χ3v) is 11.8. The van der Waals surface area contributed by atoms with Crippen LogP contribution in [0.15, 0.2) is 82.8 Å². The van der Waals surface area contributed by atoms with Crippen LogP contribution in [0.1, 0.15) is 105 Å². The normalized spacial score (nSPS) is 20.5. The molecule has 0 amide bonds. The number of methoxy groups -OCH3 is 2. The van der Waals surface area contributed by atoms with Crippen LogP contribution in [0, 0.1) is 0 Å². The number of hydrogen-bond donors (Lipinski definition) is 0. The van der Waals surface area contributed by atoms with Crippen LogP contribution >= 0.6 is 16.4 Å². The molecule has 0 spiro atoms. The van der Waals surface area contributed by atoms with Gasteiger partial charge in [0.2, 0.25) is 13.6 Å². The van der Waals surface area contributed by atoms with Gasteiger partial charge in [-0.15, -0.1) is 0 Å². The summed E-state index contributed by atoms with van der Waals surface area (Å²) in [5.41, 5.74) is 6.19. The summed E-state index contributed by atoms with van der Waals surface area (Å²) in [5, 5.41) is 4.55. The molecule has 2 aromatic carbocycles. The SMILES string of the molecule is COc1c(C(C)(C)C)cc(P=C2C=CC3=C(OCO3)C2=C2C(=Pc3cc(C(C)(C)C)c(OC)c(C(C)(C)C)c3)C=CC3=C2OCO3)cc1C(C)(C)C. The highest BCUT2D eigenvalue weighted by Crippen LogP contribution is 2.44. The Bertz CT molecular complexity index is 1810. The van der Waals surface area contributed by atoms with E-state index in [0.717, 1.165) is 72.7 Å². The molecule has 0 N–H and O–H groups in total. The van der Waals surface area contributed by atoms with Crippen molar-refractivity contribution in [3.8, 4) is 11.5 Å². The molecule has 8 heteroatoms. The zero-order valence-electron chi connectivity index (χ0n) is 33.4. The maximum absolute atomic E-state index is 6.32. The Hall–Kier alpha value is -3.72. The maximum atomic E-state index is 6.32. The van der Waals surface area contributed by atoms with Gasteiger partial charge in [0.25, 0.3) is 0 Å². The molecule has 0 saturated heterocycles. The lowest BCUT2D eigenvalue weighted by molar-refractivity contribution is 0.0754. The highest BCUT2D eigenvalue weighted by atomic mass is 31.1. The smallest absolute Gasteiger partial charge is 0.231 e. The number of benzene rings is 2. The minimum atomic E-state index is -0.123. The van der Waals surface area contributed by atoms with Gasteiger partial charge < -0.3 is 28.4 Å². The fourth-order valence-corrected chi connectivity index (χ4v) is 9.18. The summed E-state index contributed by atoms with van der Waals surface area (Å²) in [4.78, 5) is 0. The highest BCUT2D eigenvalue weighted by molar-refractivity contribution is 7.51. The molecule has 2 aliphatic heterocycles. The van der Waals surface area contributed by atoms with Gasteiger partial charge in [0, 0.05) is 54.6 Å². The Kier molecular flexibility index (Phi) is 9.95. The second kappa shape index (κ2) is 13.6. The van der Waals surface area contributed by atoms with Crippen molar-refractivity contribution in [2.75, 3.05) is 27.8 Å². The summed E-state index contributed by atoms with van der Waals surface area (Å²) < 4.78 is 36.8. The van der Waals surface area contributed by atoms with Gasteiger partial charge in [-0.2, -0.15) is 0 Å². The van der Waals surface area contributed by atoms with E-state index in [0.29, 0.717) is 0 Å². The van der Waals surface area contributed by atoms with E-state index in [-0.39, 0.29) is 35.2 Å². The van der Waals surface area contributed by atoms with Crippen molar-refractivity contribution in [1.82, 2.24) is 0 Å². The van der Waals surface area contributed by atoms with Crippen LogP contribution in [-0.4, -0.2) is 38.4 Å². The average Bonchev–Trinajstić information content (AvgIpc) is 3.72. The highest BCUT2D eigenvalue weighted by Gasteiger charge is 2.36. The van der Waals surface area contributed by atoms with Crippen molar-refractivity contribution in [2.24, 2.45) is 0 Å². The molecular formula is C44H54O6P2. The van der Waals surface area contributed by atoms with Gasteiger partial charge in [-0.1, -0.05) is 99.5 Å². The second-order valence-electron chi connectivity index (χ2n) is 17.8. The molecule has 0 saturated carbocycles. The molecule has 2 aromatic rings. The fraction of sp³-hybridized carbons (Fsp3) is 0.455. The number of rotatable bonds is 4. The van der Waals surface area contributed by atoms with E-state index in [1.807, 2.05) is 12.2 Å². The summed E-state index contributed by atoms with van der Waals surface area (Å²) in [6.45, 7) is 27.3. The molecule has 2 heterocycles. The quantitative estimate of drug-likeness (QED) is 0.291. The van der Waals surface area contributed by atoms with Gasteiger partial charge in [0.05, 0.1) is 14.2 Å². The van der Waals surface area contributed by atoms with Crippen molar-refractivity contribution in [3.05, 3.63) is 105 Å². The second-order valence-corrected chi connectivity index (χ2v) is 20.2. The molecule has 0 bridgehead atoms. The van der Waals surface area contributed by atoms with E-state index < -0.39 is 0 Å². The number of ether oxygens (including phenoxy) is 6. The van der Waals surface area contributed by atoms with Crippen molar-refractivity contribution in [3.63, 3.8) is 0 Å².